The van der Waals surface area contributed by atoms with Crippen LogP contribution in [-0.2, 0) is 9.59 Å². The quantitative estimate of drug-likeness (QED) is 0.542. The summed E-state index contributed by atoms with van der Waals surface area (Å²) >= 11 is 0. The molecular weight excluding hydrogens is 435 g/mol. The lowest BCUT2D eigenvalue weighted by molar-refractivity contribution is -0.125. The summed E-state index contributed by atoms with van der Waals surface area (Å²) in [6, 6.07) is 18.6. The van der Waals surface area contributed by atoms with Crippen LogP contribution in [0.15, 0.2) is 66.7 Å². The van der Waals surface area contributed by atoms with Gasteiger partial charge in [-0.25, -0.2) is 4.39 Å². The zero-order valence-electron chi connectivity index (χ0n) is 19.4. The van der Waals surface area contributed by atoms with Crippen molar-refractivity contribution in [3.8, 4) is 11.5 Å². The number of piperidine rings is 1. The number of halogens is 1. The van der Waals surface area contributed by atoms with Crippen molar-refractivity contribution >= 4 is 23.2 Å². The number of amides is 2. The number of benzene rings is 3. The van der Waals surface area contributed by atoms with Gasteiger partial charge in [-0.15, -0.1) is 0 Å². The Morgan fingerprint density at radius 3 is 2.18 bits per heavy atom. The molecule has 7 heteroatoms. The number of hydrogen-bond acceptors (Lipinski definition) is 4. The van der Waals surface area contributed by atoms with Crippen LogP contribution in [-0.4, -0.2) is 26.0 Å². The number of hydrogen-bond donors (Lipinski definition) is 1. The van der Waals surface area contributed by atoms with Crippen LogP contribution in [0.1, 0.15) is 30.0 Å². The van der Waals surface area contributed by atoms with Crippen LogP contribution in [0.5, 0.6) is 11.5 Å². The third-order valence-corrected chi connectivity index (χ3v) is 6.18. The highest BCUT2D eigenvalue weighted by Crippen LogP contribution is 2.41. The molecule has 0 unspecified atom stereocenters. The van der Waals surface area contributed by atoms with E-state index in [9.17, 15) is 14.0 Å². The minimum absolute atomic E-state index is 0.0728. The van der Waals surface area contributed by atoms with Crippen LogP contribution in [0.2, 0.25) is 0 Å². The average Bonchev–Trinajstić information content (AvgIpc) is 2.86. The number of ether oxygens (including phenoxy) is 2. The van der Waals surface area contributed by atoms with E-state index in [1.165, 1.54) is 6.07 Å². The van der Waals surface area contributed by atoms with Gasteiger partial charge < -0.3 is 19.7 Å². The molecule has 34 heavy (non-hydrogen) atoms. The standard InChI is InChI=1S/C27H27FN2O4/c1-17-4-7-19(16-24(17)28)29-27(32)23-14-15-25(31)30(20-8-12-22(34-3)13-9-20)26(23)18-5-10-21(33-2)11-6-18/h4-13,16,23,26H,14-15H2,1-3H3,(H,29,32)/t23-,26-/m1/s1. The summed E-state index contributed by atoms with van der Waals surface area (Å²) in [7, 11) is 3.16. The first kappa shape index (κ1) is 23.3. The molecule has 1 heterocycles. The second kappa shape index (κ2) is 9.95. The second-order valence-electron chi connectivity index (χ2n) is 8.28. The molecule has 6 nitrogen and oxygen atoms in total. The molecule has 0 bridgehead atoms. The minimum atomic E-state index is -0.546. The van der Waals surface area contributed by atoms with Crippen LogP contribution in [0.25, 0.3) is 0 Å². The summed E-state index contributed by atoms with van der Waals surface area (Å²) < 4.78 is 24.6. The van der Waals surface area contributed by atoms with Gasteiger partial charge in [-0.05, 0) is 73.0 Å². The van der Waals surface area contributed by atoms with Crippen molar-refractivity contribution in [2.24, 2.45) is 5.92 Å². The number of nitrogens with one attached hydrogen (secondary N) is 1. The van der Waals surface area contributed by atoms with Crippen molar-refractivity contribution in [3.63, 3.8) is 0 Å². The lowest BCUT2D eigenvalue weighted by atomic mass is 9.83. The fraction of sp³-hybridized carbons (Fsp3) is 0.259. The first-order valence-electron chi connectivity index (χ1n) is 11.1. The predicted molar refractivity (Wildman–Crippen MR) is 129 cm³/mol. The van der Waals surface area contributed by atoms with Gasteiger partial charge in [0.05, 0.1) is 26.2 Å². The molecule has 176 valence electrons. The van der Waals surface area contributed by atoms with E-state index in [0.717, 1.165) is 5.56 Å². The van der Waals surface area contributed by atoms with Crippen LogP contribution in [0, 0.1) is 18.7 Å². The molecule has 1 saturated heterocycles. The molecule has 0 spiro atoms. The molecule has 1 aliphatic heterocycles. The van der Waals surface area contributed by atoms with Crippen molar-refractivity contribution in [1.82, 2.24) is 0 Å². The molecule has 1 N–H and O–H groups in total. The van der Waals surface area contributed by atoms with E-state index < -0.39 is 12.0 Å². The van der Waals surface area contributed by atoms with Crippen molar-refractivity contribution in [1.29, 1.82) is 0 Å². The maximum Gasteiger partial charge on any atom is 0.229 e. The average molecular weight is 463 g/mol. The number of aryl methyl sites for hydroxylation is 1. The summed E-state index contributed by atoms with van der Waals surface area (Å²) in [6.07, 6.45) is 0.599. The van der Waals surface area contributed by atoms with Gasteiger partial charge >= 0.3 is 0 Å². The molecule has 4 rings (SSSR count). The van der Waals surface area contributed by atoms with Crippen LogP contribution in [0.3, 0.4) is 0 Å². The van der Waals surface area contributed by atoms with Crippen LogP contribution < -0.4 is 19.7 Å². The monoisotopic (exact) mass is 462 g/mol. The Hall–Kier alpha value is -3.87. The summed E-state index contributed by atoms with van der Waals surface area (Å²) in [4.78, 5) is 28.3. The van der Waals surface area contributed by atoms with E-state index in [4.69, 9.17) is 9.47 Å². The molecule has 0 saturated carbocycles. The zero-order valence-corrected chi connectivity index (χ0v) is 19.4. The third kappa shape index (κ3) is 4.73. The fourth-order valence-electron chi connectivity index (χ4n) is 4.30. The second-order valence-corrected chi connectivity index (χ2v) is 8.28. The van der Waals surface area contributed by atoms with Gasteiger partial charge in [0.25, 0.3) is 0 Å². The maximum absolute atomic E-state index is 14.1. The normalized spacial score (nSPS) is 17.9. The third-order valence-electron chi connectivity index (χ3n) is 6.18. The van der Waals surface area contributed by atoms with Gasteiger partial charge in [0.1, 0.15) is 17.3 Å². The van der Waals surface area contributed by atoms with Gasteiger partial charge in [0.2, 0.25) is 11.8 Å². The highest BCUT2D eigenvalue weighted by Gasteiger charge is 2.41. The molecule has 1 aliphatic rings. The van der Waals surface area contributed by atoms with Crippen molar-refractivity contribution in [2.45, 2.75) is 25.8 Å². The van der Waals surface area contributed by atoms with Gasteiger partial charge in [-0.2, -0.15) is 0 Å². The first-order chi connectivity index (χ1) is 16.4. The summed E-state index contributed by atoms with van der Waals surface area (Å²) in [5.74, 6) is 0.0788. The molecule has 0 radical (unpaired) electrons. The van der Waals surface area contributed by atoms with E-state index in [-0.39, 0.29) is 24.1 Å². The summed E-state index contributed by atoms with van der Waals surface area (Å²) in [5, 5.41) is 2.85. The van der Waals surface area contributed by atoms with E-state index in [1.807, 2.05) is 36.4 Å². The Morgan fingerprint density at radius 2 is 1.59 bits per heavy atom. The van der Waals surface area contributed by atoms with Crippen molar-refractivity contribution in [2.75, 3.05) is 24.4 Å². The molecule has 1 fully saturated rings. The largest absolute Gasteiger partial charge is 0.497 e. The smallest absolute Gasteiger partial charge is 0.229 e. The number of methoxy groups -OCH3 is 2. The lowest BCUT2D eigenvalue weighted by Crippen LogP contribution is -2.47. The van der Waals surface area contributed by atoms with E-state index in [0.29, 0.717) is 34.9 Å². The summed E-state index contributed by atoms with van der Waals surface area (Å²) in [6.45, 7) is 1.67. The summed E-state index contributed by atoms with van der Waals surface area (Å²) in [5.41, 5.74) is 2.36. The van der Waals surface area contributed by atoms with E-state index in [2.05, 4.69) is 5.32 Å². The van der Waals surface area contributed by atoms with Gasteiger partial charge in [-0.1, -0.05) is 18.2 Å². The zero-order chi connectivity index (χ0) is 24.2. The number of carbonyl (C=O) groups excluding carboxylic acids is 2. The number of rotatable bonds is 6. The highest BCUT2D eigenvalue weighted by molar-refractivity contribution is 6.00. The number of nitrogens with zero attached hydrogens (tertiary/aromatic N) is 1. The molecule has 0 aliphatic carbocycles. The topological polar surface area (TPSA) is 67.9 Å². The highest BCUT2D eigenvalue weighted by atomic mass is 19.1. The van der Waals surface area contributed by atoms with Gasteiger partial charge in [0, 0.05) is 17.8 Å². The maximum atomic E-state index is 14.1. The SMILES string of the molecule is COc1ccc([C@@H]2[C@H](C(=O)Nc3ccc(C)c(F)c3)CCC(=O)N2c2ccc(OC)cc2)cc1. The van der Waals surface area contributed by atoms with Crippen molar-refractivity contribution < 1.29 is 23.5 Å². The van der Waals surface area contributed by atoms with Crippen LogP contribution >= 0.6 is 0 Å². The predicted octanol–water partition coefficient (Wildman–Crippen LogP) is 5.27. The Kier molecular flexibility index (Phi) is 6.82. The first-order valence-corrected chi connectivity index (χ1v) is 11.1. The molecule has 3 aromatic carbocycles. The molecular formula is C27H27FN2O4. The Labute approximate surface area is 198 Å². The van der Waals surface area contributed by atoms with Crippen LogP contribution in [0.4, 0.5) is 15.8 Å². The Bertz CT molecular complexity index is 1180. The van der Waals surface area contributed by atoms with E-state index in [1.54, 1.807) is 50.3 Å². The molecule has 2 amide bonds. The minimum Gasteiger partial charge on any atom is -0.497 e. The molecule has 0 aromatic heterocycles. The van der Waals surface area contributed by atoms with E-state index >= 15 is 0 Å². The Morgan fingerprint density at radius 1 is 0.971 bits per heavy atom. The number of anilines is 2. The Balaban J connectivity index is 1.72. The lowest BCUT2D eigenvalue weighted by Gasteiger charge is -2.41. The molecule has 2 atom stereocenters. The fourth-order valence-corrected chi connectivity index (χ4v) is 4.30. The van der Waals surface area contributed by atoms with Gasteiger partial charge in [0.15, 0.2) is 0 Å². The van der Waals surface area contributed by atoms with Gasteiger partial charge in [-0.3, -0.25) is 9.59 Å². The molecule has 3 aromatic rings. The number of carbonyl (C=O) groups is 2. The van der Waals surface area contributed by atoms with Crippen molar-refractivity contribution in [3.05, 3.63) is 83.7 Å².